The smallest absolute Gasteiger partial charge is 0.123 e. The van der Waals surface area contributed by atoms with Crippen LogP contribution in [0.25, 0.3) is 0 Å². The molecule has 0 spiro atoms. The van der Waals surface area contributed by atoms with Gasteiger partial charge in [0.15, 0.2) is 0 Å². The highest BCUT2D eigenvalue weighted by Crippen LogP contribution is 2.23. The van der Waals surface area contributed by atoms with E-state index in [1.54, 1.807) is 0 Å². The number of hydrogen-bond donors (Lipinski definition) is 0. The number of nitrogens with zero attached hydrogens (tertiary/aromatic N) is 2. The minimum atomic E-state index is -0.165. The van der Waals surface area contributed by atoms with Crippen LogP contribution in [-0.4, -0.2) is 35.7 Å². The van der Waals surface area contributed by atoms with Crippen molar-refractivity contribution >= 4 is 17.6 Å². The van der Waals surface area contributed by atoms with Crippen LogP contribution in [0, 0.1) is 5.82 Å². The Morgan fingerprint density at radius 2 is 2.00 bits per heavy atom. The van der Waals surface area contributed by atoms with Crippen LogP contribution < -0.4 is 4.90 Å². The van der Waals surface area contributed by atoms with E-state index in [0.717, 1.165) is 31.1 Å². The van der Waals surface area contributed by atoms with Gasteiger partial charge in [-0.05, 0) is 31.2 Å². The van der Waals surface area contributed by atoms with Gasteiger partial charge in [-0.1, -0.05) is 18.9 Å². The highest BCUT2D eigenvalue weighted by molar-refractivity contribution is 7.97. The molecule has 0 radical (unpaired) electrons. The minimum Gasteiger partial charge on any atom is -0.369 e. The Kier molecular flexibility index (Phi) is 4.29. The third kappa shape index (κ3) is 3.13. The van der Waals surface area contributed by atoms with Gasteiger partial charge in [0.05, 0.1) is 0 Å². The SMILES string of the molecule is CCSN1CCN(c2ccc(F)cc2)C[C@H]1C. The first kappa shape index (κ1) is 12.7. The van der Waals surface area contributed by atoms with Crippen LogP contribution in [0.1, 0.15) is 13.8 Å². The highest BCUT2D eigenvalue weighted by atomic mass is 32.2. The number of benzene rings is 1. The van der Waals surface area contributed by atoms with Gasteiger partial charge in [-0.25, -0.2) is 8.70 Å². The van der Waals surface area contributed by atoms with Crippen molar-refractivity contribution in [3.05, 3.63) is 30.1 Å². The van der Waals surface area contributed by atoms with Crippen LogP contribution >= 0.6 is 11.9 Å². The summed E-state index contributed by atoms with van der Waals surface area (Å²) in [6, 6.07) is 7.34. The summed E-state index contributed by atoms with van der Waals surface area (Å²) < 4.78 is 15.3. The quantitative estimate of drug-likeness (QED) is 0.766. The molecular weight excluding hydrogens is 235 g/mol. The molecule has 1 saturated heterocycles. The number of halogens is 1. The summed E-state index contributed by atoms with van der Waals surface area (Å²) in [7, 11) is 0. The molecule has 1 aliphatic heterocycles. The molecule has 17 heavy (non-hydrogen) atoms. The second-order valence-corrected chi connectivity index (χ2v) is 5.63. The Hall–Kier alpha value is -0.740. The summed E-state index contributed by atoms with van der Waals surface area (Å²) in [6.07, 6.45) is 0. The van der Waals surface area contributed by atoms with E-state index in [4.69, 9.17) is 0 Å². The molecule has 0 amide bonds. The summed E-state index contributed by atoms with van der Waals surface area (Å²) in [5.41, 5.74) is 1.12. The van der Waals surface area contributed by atoms with Gasteiger partial charge in [0.25, 0.3) is 0 Å². The second-order valence-electron chi connectivity index (χ2n) is 4.33. The maximum absolute atomic E-state index is 12.9. The van der Waals surface area contributed by atoms with E-state index < -0.39 is 0 Å². The van der Waals surface area contributed by atoms with Crippen LogP contribution in [0.3, 0.4) is 0 Å². The highest BCUT2D eigenvalue weighted by Gasteiger charge is 2.23. The number of rotatable bonds is 3. The summed E-state index contributed by atoms with van der Waals surface area (Å²) in [6.45, 7) is 7.53. The van der Waals surface area contributed by atoms with E-state index in [1.807, 2.05) is 24.1 Å². The predicted molar refractivity (Wildman–Crippen MR) is 72.9 cm³/mol. The maximum Gasteiger partial charge on any atom is 0.123 e. The standard InChI is InChI=1S/C13H19FN2S/c1-3-17-16-9-8-15(10-11(16)2)13-6-4-12(14)5-7-13/h4-7,11H,3,8-10H2,1-2H3/t11-/m1/s1. The molecule has 2 nitrogen and oxygen atoms in total. The molecule has 1 aromatic carbocycles. The summed E-state index contributed by atoms with van der Waals surface area (Å²) in [4.78, 5) is 2.33. The zero-order chi connectivity index (χ0) is 12.3. The molecule has 0 aromatic heterocycles. The molecule has 1 heterocycles. The third-order valence-corrected chi connectivity index (χ3v) is 4.19. The van der Waals surface area contributed by atoms with Gasteiger partial charge in [0.1, 0.15) is 5.82 Å². The van der Waals surface area contributed by atoms with Gasteiger partial charge in [-0.2, -0.15) is 0 Å². The van der Waals surface area contributed by atoms with Crippen molar-refractivity contribution < 1.29 is 4.39 Å². The molecule has 1 atom stereocenters. The van der Waals surface area contributed by atoms with Crippen molar-refractivity contribution in [2.24, 2.45) is 0 Å². The van der Waals surface area contributed by atoms with Crippen molar-refractivity contribution in [3.8, 4) is 0 Å². The zero-order valence-corrected chi connectivity index (χ0v) is 11.2. The lowest BCUT2D eigenvalue weighted by Crippen LogP contribution is -2.49. The van der Waals surface area contributed by atoms with Crippen molar-refractivity contribution in [1.29, 1.82) is 0 Å². The molecule has 0 unspecified atom stereocenters. The lowest BCUT2D eigenvalue weighted by molar-refractivity contribution is 0.336. The van der Waals surface area contributed by atoms with Crippen LogP contribution in [-0.2, 0) is 0 Å². The molecule has 94 valence electrons. The number of piperazine rings is 1. The Morgan fingerprint density at radius 1 is 1.29 bits per heavy atom. The number of anilines is 1. The summed E-state index contributed by atoms with van der Waals surface area (Å²) >= 11 is 1.91. The van der Waals surface area contributed by atoms with Gasteiger partial charge in [0, 0.05) is 37.1 Å². The van der Waals surface area contributed by atoms with Crippen molar-refractivity contribution in [1.82, 2.24) is 4.31 Å². The molecular formula is C13H19FN2S. The summed E-state index contributed by atoms with van der Waals surface area (Å²) in [5.74, 6) is 0.961. The van der Waals surface area contributed by atoms with E-state index in [1.165, 1.54) is 12.1 Å². The largest absolute Gasteiger partial charge is 0.369 e. The van der Waals surface area contributed by atoms with E-state index in [0.29, 0.717) is 6.04 Å². The van der Waals surface area contributed by atoms with Crippen LogP contribution in [0.4, 0.5) is 10.1 Å². The average Bonchev–Trinajstić information content (AvgIpc) is 2.33. The Morgan fingerprint density at radius 3 is 2.59 bits per heavy atom. The van der Waals surface area contributed by atoms with Gasteiger partial charge in [0.2, 0.25) is 0 Å². The molecule has 0 N–H and O–H groups in total. The first-order chi connectivity index (χ1) is 8.20. The van der Waals surface area contributed by atoms with Gasteiger partial charge < -0.3 is 4.90 Å². The lowest BCUT2D eigenvalue weighted by atomic mass is 10.2. The third-order valence-electron chi connectivity index (χ3n) is 3.05. The minimum absolute atomic E-state index is 0.165. The molecule has 0 saturated carbocycles. The van der Waals surface area contributed by atoms with Gasteiger partial charge in [-0.3, -0.25) is 0 Å². The molecule has 0 bridgehead atoms. The Labute approximate surface area is 107 Å². The topological polar surface area (TPSA) is 6.48 Å². The molecule has 4 heteroatoms. The molecule has 1 aromatic rings. The van der Waals surface area contributed by atoms with Crippen molar-refractivity contribution in [3.63, 3.8) is 0 Å². The fourth-order valence-corrected chi connectivity index (χ4v) is 3.05. The van der Waals surface area contributed by atoms with Gasteiger partial charge >= 0.3 is 0 Å². The van der Waals surface area contributed by atoms with Crippen LogP contribution in [0.15, 0.2) is 24.3 Å². The Bertz CT molecular complexity index is 355. The first-order valence-corrected chi connectivity index (χ1v) is 7.05. The zero-order valence-electron chi connectivity index (χ0n) is 10.4. The van der Waals surface area contributed by atoms with E-state index in [-0.39, 0.29) is 5.82 Å². The monoisotopic (exact) mass is 254 g/mol. The van der Waals surface area contributed by atoms with Crippen molar-refractivity contribution in [2.45, 2.75) is 19.9 Å². The van der Waals surface area contributed by atoms with Crippen LogP contribution in [0.5, 0.6) is 0 Å². The average molecular weight is 254 g/mol. The first-order valence-electron chi connectivity index (χ1n) is 6.10. The molecule has 1 aliphatic rings. The molecule has 2 rings (SSSR count). The second kappa shape index (κ2) is 5.74. The van der Waals surface area contributed by atoms with Gasteiger partial charge in [-0.15, -0.1) is 0 Å². The number of hydrogen-bond acceptors (Lipinski definition) is 3. The predicted octanol–water partition coefficient (Wildman–Crippen LogP) is 3.00. The fraction of sp³-hybridized carbons (Fsp3) is 0.538. The molecule has 0 aliphatic carbocycles. The normalized spacial score (nSPS) is 21.8. The maximum atomic E-state index is 12.9. The summed E-state index contributed by atoms with van der Waals surface area (Å²) in [5, 5.41) is 0. The van der Waals surface area contributed by atoms with Crippen LogP contribution in [0.2, 0.25) is 0 Å². The molecule has 1 fully saturated rings. The van der Waals surface area contributed by atoms with E-state index >= 15 is 0 Å². The Balaban J connectivity index is 1.99. The van der Waals surface area contributed by atoms with E-state index in [2.05, 4.69) is 23.1 Å². The van der Waals surface area contributed by atoms with Crippen molar-refractivity contribution in [2.75, 3.05) is 30.3 Å². The fourth-order valence-electron chi connectivity index (χ4n) is 2.18. The van der Waals surface area contributed by atoms with E-state index in [9.17, 15) is 4.39 Å². The lowest BCUT2D eigenvalue weighted by Gasteiger charge is -2.40.